The Bertz CT molecular complexity index is 1700. The molecule has 0 aliphatic heterocycles. The molecule has 4 nitrogen and oxygen atoms in total. The lowest BCUT2D eigenvalue weighted by atomic mass is 10.0. The molecule has 6 aromatic rings. The Morgan fingerprint density at radius 3 is 2.45 bits per heavy atom. The van der Waals surface area contributed by atoms with Crippen molar-refractivity contribution >= 4 is 33.0 Å². The van der Waals surface area contributed by atoms with Gasteiger partial charge in [0, 0.05) is 33.3 Å². The predicted molar refractivity (Wildman–Crippen MR) is 158 cm³/mol. The van der Waals surface area contributed by atoms with Crippen LogP contribution in [-0.4, -0.2) is 15.3 Å². The zero-order valence-corrected chi connectivity index (χ0v) is 22.3. The second-order valence-corrected chi connectivity index (χ2v) is 10.9. The maximum absolute atomic E-state index is 13.0. The normalized spacial score (nSPS) is 12.2. The van der Waals surface area contributed by atoms with Crippen molar-refractivity contribution in [1.82, 2.24) is 14.7 Å². The number of carbonyl (C=O) groups is 1. The highest BCUT2D eigenvalue weighted by Gasteiger charge is 2.18. The van der Waals surface area contributed by atoms with Gasteiger partial charge in [-0.15, -0.1) is 11.3 Å². The average Bonchev–Trinajstić information content (AvgIpc) is 3.54. The number of fused-ring (bicyclic) bond motifs is 2. The topological polar surface area (TPSA) is 46.4 Å². The van der Waals surface area contributed by atoms with Gasteiger partial charge in [0.15, 0.2) is 0 Å². The van der Waals surface area contributed by atoms with E-state index in [-0.39, 0.29) is 11.9 Å². The fourth-order valence-corrected chi connectivity index (χ4v) is 5.97. The van der Waals surface area contributed by atoms with Crippen molar-refractivity contribution in [3.8, 4) is 21.7 Å². The summed E-state index contributed by atoms with van der Waals surface area (Å²) in [5.74, 6) is 0.0341. The van der Waals surface area contributed by atoms with Crippen LogP contribution in [0.25, 0.3) is 37.4 Å². The molecule has 1 amide bonds. The molecule has 6 rings (SSSR count). The molecule has 1 unspecified atom stereocenters. The van der Waals surface area contributed by atoms with Gasteiger partial charge >= 0.3 is 0 Å². The summed E-state index contributed by atoms with van der Waals surface area (Å²) < 4.78 is 3.45. The largest absolute Gasteiger partial charge is 0.350 e. The van der Waals surface area contributed by atoms with Crippen molar-refractivity contribution in [2.24, 2.45) is 0 Å². The van der Waals surface area contributed by atoms with Crippen molar-refractivity contribution in [1.29, 1.82) is 0 Å². The number of aromatic nitrogens is 2. The van der Waals surface area contributed by atoms with E-state index in [9.17, 15) is 4.79 Å². The van der Waals surface area contributed by atoms with Gasteiger partial charge in [-0.3, -0.25) is 4.79 Å². The summed E-state index contributed by atoms with van der Waals surface area (Å²) in [6, 6.07) is 33.4. The molecule has 3 aromatic heterocycles. The number of nitrogens with zero attached hydrogens (tertiary/aromatic N) is 2. The average molecular weight is 516 g/mol. The van der Waals surface area contributed by atoms with E-state index in [1.54, 1.807) is 11.3 Å². The van der Waals surface area contributed by atoms with Crippen LogP contribution in [-0.2, 0) is 11.2 Å². The predicted octanol–water partition coefficient (Wildman–Crippen LogP) is 8.00. The number of benzene rings is 3. The summed E-state index contributed by atoms with van der Waals surface area (Å²) in [6.07, 6.45) is 3.15. The Hall–Kier alpha value is -4.22. The van der Waals surface area contributed by atoms with Crippen molar-refractivity contribution in [2.45, 2.75) is 32.7 Å². The zero-order chi connectivity index (χ0) is 26.1. The Morgan fingerprint density at radius 2 is 1.66 bits per heavy atom. The molecule has 0 saturated heterocycles. The van der Waals surface area contributed by atoms with Crippen LogP contribution in [0.1, 0.15) is 36.2 Å². The SMILES string of the molecule is Cc1ccc(-c2nc3ccc(-c4cc5ccccc5s4)cn3c2CCC(=O)NC(C)c2ccccc2)cc1. The molecule has 188 valence electrons. The summed E-state index contributed by atoms with van der Waals surface area (Å²) >= 11 is 1.79. The molecule has 0 radical (unpaired) electrons. The van der Waals surface area contributed by atoms with Crippen LogP contribution in [0.2, 0.25) is 0 Å². The molecule has 1 N–H and O–H groups in total. The molecule has 38 heavy (non-hydrogen) atoms. The van der Waals surface area contributed by atoms with Gasteiger partial charge < -0.3 is 9.72 Å². The van der Waals surface area contributed by atoms with E-state index >= 15 is 0 Å². The smallest absolute Gasteiger partial charge is 0.220 e. The first-order valence-corrected chi connectivity index (χ1v) is 13.8. The number of aryl methyl sites for hydroxylation is 2. The van der Waals surface area contributed by atoms with Gasteiger partial charge in [-0.05, 0) is 55.5 Å². The molecule has 0 saturated carbocycles. The fourth-order valence-electron chi connectivity index (χ4n) is 4.92. The van der Waals surface area contributed by atoms with Crippen LogP contribution in [0.4, 0.5) is 0 Å². The number of imidazole rings is 1. The van der Waals surface area contributed by atoms with E-state index in [2.05, 4.69) is 89.6 Å². The number of amides is 1. The van der Waals surface area contributed by atoms with E-state index in [1.807, 2.05) is 37.3 Å². The molecule has 0 fully saturated rings. The van der Waals surface area contributed by atoms with Gasteiger partial charge in [0.05, 0.1) is 17.4 Å². The molecular formula is C33H29N3OS. The zero-order valence-electron chi connectivity index (χ0n) is 21.5. The lowest BCUT2D eigenvalue weighted by molar-refractivity contribution is -0.121. The molecule has 1 atom stereocenters. The number of rotatable bonds is 7. The third-order valence-corrected chi connectivity index (χ3v) is 8.18. The standard InChI is InChI=1S/C33H29N3OS/c1-22-12-14-25(15-13-22)33-28(17-19-32(37)34-23(2)24-8-4-3-5-9-24)36-21-27(16-18-31(36)35-33)30-20-26-10-6-7-11-29(26)38-30/h3-16,18,20-21,23H,17,19H2,1-2H3,(H,34,37). The summed E-state index contributed by atoms with van der Waals surface area (Å²) in [7, 11) is 0. The van der Waals surface area contributed by atoms with Crippen LogP contribution in [0.15, 0.2) is 103 Å². The van der Waals surface area contributed by atoms with E-state index < -0.39 is 0 Å². The van der Waals surface area contributed by atoms with Crippen LogP contribution < -0.4 is 5.32 Å². The van der Waals surface area contributed by atoms with Crippen LogP contribution >= 0.6 is 11.3 Å². The summed E-state index contributed by atoms with van der Waals surface area (Å²) in [5.41, 5.74) is 7.39. The Morgan fingerprint density at radius 1 is 0.921 bits per heavy atom. The number of hydrogen-bond acceptors (Lipinski definition) is 3. The summed E-state index contributed by atoms with van der Waals surface area (Å²) in [6.45, 7) is 4.11. The van der Waals surface area contributed by atoms with Gasteiger partial charge in [-0.2, -0.15) is 0 Å². The van der Waals surface area contributed by atoms with E-state index in [4.69, 9.17) is 4.98 Å². The maximum Gasteiger partial charge on any atom is 0.220 e. The van der Waals surface area contributed by atoms with Gasteiger partial charge in [-0.25, -0.2) is 4.98 Å². The molecular weight excluding hydrogens is 486 g/mol. The van der Waals surface area contributed by atoms with E-state index in [0.717, 1.165) is 33.7 Å². The molecule has 0 bridgehead atoms. The second-order valence-electron chi connectivity index (χ2n) is 9.77. The first-order chi connectivity index (χ1) is 18.5. The van der Waals surface area contributed by atoms with Crippen molar-refractivity contribution < 1.29 is 4.79 Å². The quantitative estimate of drug-likeness (QED) is 0.234. The van der Waals surface area contributed by atoms with E-state index in [0.29, 0.717) is 12.8 Å². The molecule has 0 spiro atoms. The third-order valence-electron chi connectivity index (χ3n) is 7.02. The van der Waals surface area contributed by atoms with Crippen LogP contribution in [0.5, 0.6) is 0 Å². The Kier molecular flexibility index (Phi) is 6.52. The fraction of sp³-hybridized carbons (Fsp3) is 0.152. The summed E-state index contributed by atoms with van der Waals surface area (Å²) in [5, 5.41) is 4.41. The lowest BCUT2D eigenvalue weighted by Crippen LogP contribution is -2.26. The monoisotopic (exact) mass is 515 g/mol. The number of thiophene rings is 1. The minimum Gasteiger partial charge on any atom is -0.350 e. The van der Waals surface area contributed by atoms with Crippen molar-refractivity contribution in [2.75, 3.05) is 0 Å². The molecule has 3 heterocycles. The van der Waals surface area contributed by atoms with Gasteiger partial charge in [0.1, 0.15) is 5.65 Å². The molecule has 3 aromatic carbocycles. The van der Waals surface area contributed by atoms with Gasteiger partial charge in [0.2, 0.25) is 5.91 Å². The molecule has 0 aliphatic carbocycles. The molecule has 0 aliphatic rings. The first-order valence-electron chi connectivity index (χ1n) is 13.0. The lowest BCUT2D eigenvalue weighted by Gasteiger charge is -2.14. The van der Waals surface area contributed by atoms with E-state index in [1.165, 1.54) is 20.5 Å². The van der Waals surface area contributed by atoms with Gasteiger partial charge in [0.25, 0.3) is 0 Å². The highest BCUT2D eigenvalue weighted by Crippen LogP contribution is 2.35. The maximum atomic E-state index is 13.0. The highest BCUT2D eigenvalue weighted by atomic mass is 32.1. The Balaban J connectivity index is 1.34. The van der Waals surface area contributed by atoms with Gasteiger partial charge in [-0.1, -0.05) is 78.4 Å². The number of carbonyl (C=O) groups excluding carboxylic acids is 1. The summed E-state index contributed by atoms with van der Waals surface area (Å²) in [4.78, 5) is 19.2. The Labute approximate surface area is 226 Å². The first kappa shape index (κ1) is 24.1. The third kappa shape index (κ3) is 4.85. The minimum absolute atomic E-state index is 0.0341. The number of pyridine rings is 1. The second kappa shape index (κ2) is 10.3. The van der Waals surface area contributed by atoms with Crippen molar-refractivity contribution in [3.63, 3.8) is 0 Å². The van der Waals surface area contributed by atoms with Crippen molar-refractivity contribution in [3.05, 3.63) is 120 Å². The van der Waals surface area contributed by atoms with Crippen LogP contribution in [0.3, 0.4) is 0 Å². The highest BCUT2D eigenvalue weighted by molar-refractivity contribution is 7.22. The molecule has 5 heteroatoms. The number of nitrogens with one attached hydrogen (secondary N) is 1. The van der Waals surface area contributed by atoms with Crippen LogP contribution in [0, 0.1) is 6.92 Å². The number of hydrogen-bond donors (Lipinski definition) is 1. The minimum atomic E-state index is -0.0398.